The van der Waals surface area contributed by atoms with Gasteiger partial charge in [0.05, 0.1) is 5.56 Å². The van der Waals surface area contributed by atoms with Crippen molar-refractivity contribution in [2.24, 2.45) is 0 Å². The maximum atomic E-state index is 13.1. The standard InChI is InChI=1S/C19H21F3N2O.ClH/c1-13(16-4-2-3-5-17(16)19(20,21)22)12-18(25)24-11-10-14-6-8-15(23)9-7-14;/h2-9,13H,10-12,23H2,1H3,(H,24,25);1H. The molecule has 0 bridgehead atoms. The van der Waals surface area contributed by atoms with E-state index in [2.05, 4.69) is 5.32 Å². The van der Waals surface area contributed by atoms with Crippen molar-refractivity contribution in [3.05, 3.63) is 65.2 Å². The minimum absolute atomic E-state index is 0. The van der Waals surface area contributed by atoms with Crippen LogP contribution in [0.5, 0.6) is 0 Å². The zero-order valence-electron chi connectivity index (χ0n) is 14.3. The quantitative estimate of drug-likeness (QED) is 0.715. The normalized spacial score (nSPS) is 12.2. The van der Waals surface area contributed by atoms with Gasteiger partial charge in [0.1, 0.15) is 0 Å². The fourth-order valence-corrected chi connectivity index (χ4v) is 2.68. The molecule has 2 aromatic rings. The Morgan fingerprint density at radius 2 is 1.73 bits per heavy atom. The lowest BCUT2D eigenvalue weighted by molar-refractivity contribution is -0.138. The van der Waals surface area contributed by atoms with E-state index in [9.17, 15) is 18.0 Å². The highest BCUT2D eigenvalue weighted by Gasteiger charge is 2.34. The summed E-state index contributed by atoms with van der Waals surface area (Å²) in [6.07, 6.45) is -3.77. The highest BCUT2D eigenvalue weighted by atomic mass is 35.5. The van der Waals surface area contributed by atoms with Gasteiger partial charge in [-0.3, -0.25) is 4.79 Å². The Morgan fingerprint density at radius 1 is 1.12 bits per heavy atom. The molecule has 1 atom stereocenters. The lowest BCUT2D eigenvalue weighted by Crippen LogP contribution is -2.27. The van der Waals surface area contributed by atoms with Crippen molar-refractivity contribution in [3.8, 4) is 0 Å². The van der Waals surface area contributed by atoms with Gasteiger partial charge in [0.2, 0.25) is 5.91 Å². The van der Waals surface area contributed by atoms with Crippen LogP contribution in [0.1, 0.15) is 36.0 Å². The van der Waals surface area contributed by atoms with Crippen molar-refractivity contribution in [2.45, 2.75) is 31.9 Å². The van der Waals surface area contributed by atoms with Crippen LogP contribution in [0, 0.1) is 0 Å². The molecular formula is C19H22ClF3N2O. The van der Waals surface area contributed by atoms with Gasteiger partial charge in [0, 0.05) is 18.7 Å². The van der Waals surface area contributed by atoms with Gasteiger partial charge >= 0.3 is 6.18 Å². The molecule has 0 heterocycles. The van der Waals surface area contributed by atoms with E-state index in [1.807, 2.05) is 12.1 Å². The number of amides is 1. The molecule has 3 nitrogen and oxygen atoms in total. The van der Waals surface area contributed by atoms with E-state index in [4.69, 9.17) is 5.73 Å². The third kappa shape index (κ3) is 6.26. The van der Waals surface area contributed by atoms with Gasteiger partial charge in [-0.15, -0.1) is 12.4 Å². The molecule has 2 rings (SSSR count). The predicted molar refractivity (Wildman–Crippen MR) is 99.3 cm³/mol. The van der Waals surface area contributed by atoms with E-state index < -0.39 is 17.7 Å². The summed E-state index contributed by atoms with van der Waals surface area (Å²) in [5, 5.41) is 2.75. The Balaban J connectivity index is 0.00000338. The topological polar surface area (TPSA) is 55.1 Å². The second kappa shape index (κ2) is 9.48. The molecule has 0 fully saturated rings. The highest BCUT2D eigenvalue weighted by molar-refractivity contribution is 5.85. The number of carbonyl (C=O) groups is 1. The van der Waals surface area contributed by atoms with Gasteiger partial charge < -0.3 is 11.1 Å². The van der Waals surface area contributed by atoms with Crippen LogP contribution in [0.2, 0.25) is 0 Å². The van der Waals surface area contributed by atoms with Gasteiger partial charge in [-0.1, -0.05) is 37.3 Å². The lowest BCUT2D eigenvalue weighted by atomic mass is 9.92. The van der Waals surface area contributed by atoms with Gasteiger partial charge in [-0.05, 0) is 41.7 Å². The summed E-state index contributed by atoms with van der Waals surface area (Å²) < 4.78 is 39.2. The number of hydrogen-bond acceptors (Lipinski definition) is 2. The van der Waals surface area contributed by atoms with Crippen molar-refractivity contribution in [1.82, 2.24) is 5.32 Å². The summed E-state index contributed by atoms with van der Waals surface area (Å²) in [6.45, 7) is 2.06. The third-order valence-electron chi connectivity index (χ3n) is 4.00. The number of anilines is 1. The van der Waals surface area contributed by atoms with E-state index in [0.717, 1.165) is 11.6 Å². The zero-order valence-corrected chi connectivity index (χ0v) is 15.2. The molecule has 142 valence electrons. The number of nitrogen functional groups attached to an aromatic ring is 1. The number of halogens is 4. The zero-order chi connectivity index (χ0) is 18.4. The van der Waals surface area contributed by atoms with Crippen molar-refractivity contribution >= 4 is 24.0 Å². The monoisotopic (exact) mass is 386 g/mol. The molecule has 0 saturated heterocycles. The first-order valence-corrected chi connectivity index (χ1v) is 8.04. The fraction of sp³-hybridized carbons (Fsp3) is 0.316. The molecule has 26 heavy (non-hydrogen) atoms. The van der Waals surface area contributed by atoms with Crippen LogP contribution in [-0.4, -0.2) is 12.5 Å². The molecule has 1 unspecified atom stereocenters. The Morgan fingerprint density at radius 3 is 2.35 bits per heavy atom. The molecule has 3 N–H and O–H groups in total. The maximum Gasteiger partial charge on any atom is 0.416 e. The number of nitrogens with one attached hydrogen (secondary N) is 1. The van der Waals surface area contributed by atoms with Crippen molar-refractivity contribution in [2.75, 3.05) is 12.3 Å². The number of alkyl halides is 3. The minimum atomic E-state index is -4.42. The maximum absolute atomic E-state index is 13.1. The Hall–Kier alpha value is -2.21. The second-order valence-corrected chi connectivity index (χ2v) is 6.03. The Labute approximate surface area is 157 Å². The summed E-state index contributed by atoms with van der Waals surface area (Å²) in [5.41, 5.74) is 6.77. The highest BCUT2D eigenvalue weighted by Crippen LogP contribution is 2.35. The molecule has 0 aliphatic rings. The molecule has 2 aromatic carbocycles. The van der Waals surface area contributed by atoms with E-state index in [1.54, 1.807) is 25.1 Å². The number of carbonyl (C=O) groups excluding carboxylic acids is 1. The minimum Gasteiger partial charge on any atom is -0.399 e. The van der Waals surface area contributed by atoms with E-state index in [1.165, 1.54) is 12.1 Å². The smallest absolute Gasteiger partial charge is 0.399 e. The van der Waals surface area contributed by atoms with Gasteiger partial charge in [-0.25, -0.2) is 0 Å². The average molecular weight is 387 g/mol. The molecule has 0 aromatic heterocycles. The van der Waals surface area contributed by atoms with Crippen molar-refractivity contribution in [1.29, 1.82) is 0 Å². The Bertz CT molecular complexity index is 717. The van der Waals surface area contributed by atoms with Gasteiger partial charge in [-0.2, -0.15) is 13.2 Å². The van der Waals surface area contributed by atoms with Crippen LogP contribution in [0.3, 0.4) is 0 Å². The first-order valence-electron chi connectivity index (χ1n) is 8.04. The summed E-state index contributed by atoms with van der Waals surface area (Å²) in [7, 11) is 0. The van der Waals surface area contributed by atoms with Crippen LogP contribution >= 0.6 is 12.4 Å². The van der Waals surface area contributed by atoms with Gasteiger partial charge in [0.15, 0.2) is 0 Å². The van der Waals surface area contributed by atoms with Crippen LogP contribution in [0.15, 0.2) is 48.5 Å². The molecule has 0 spiro atoms. The molecule has 0 aliphatic carbocycles. The van der Waals surface area contributed by atoms with Gasteiger partial charge in [0.25, 0.3) is 0 Å². The SMILES string of the molecule is CC(CC(=O)NCCc1ccc(N)cc1)c1ccccc1C(F)(F)F.Cl. The van der Waals surface area contributed by atoms with Crippen LogP contribution in [-0.2, 0) is 17.4 Å². The average Bonchev–Trinajstić information content (AvgIpc) is 2.56. The molecule has 1 amide bonds. The van der Waals surface area contributed by atoms with Crippen LogP contribution in [0.4, 0.5) is 18.9 Å². The van der Waals surface area contributed by atoms with E-state index in [-0.39, 0.29) is 30.3 Å². The molecule has 0 aliphatic heterocycles. The third-order valence-corrected chi connectivity index (χ3v) is 4.00. The van der Waals surface area contributed by atoms with E-state index >= 15 is 0 Å². The first kappa shape index (κ1) is 21.8. The summed E-state index contributed by atoms with van der Waals surface area (Å²) >= 11 is 0. The number of benzene rings is 2. The van der Waals surface area contributed by atoms with Crippen molar-refractivity contribution < 1.29 is 18.0 Å². The summed E-state index contributed by atoms with van der Waals surface area (Å²) in [6, 6.07) is 12.7. The molecule has 0 radical (unpaired) electrons. The summed E-state index contributed by atoms with van der Waals surface area (Å²) in [4.78, 5) is 12.0. The summed E-state index contributed by atoms with van der Waals surface area (Å²) in [5.74, 6) is -0.783. The predicted octanol–water partition coefficient (Wildman–Crippen LogP) is 4.56. The Kier molecular flexibility index (Phi) is 7.96. The van der Waals surface area contributed by atoms with E-state index in [0.29, 0.717) is 18.7 Å². The first-order chi connectivity index (χ1) is 11.8. The second-order valence-electron chi connectivity index (χ2n) is 6.03. The number of rotatable bonds is 6. The largest absolute Gasteiger partial charge is 0.416 e. The molecule has 0 saturated carbocycles. The van der Waals surface area contributed by atoms with Crippen LogP contribution in [0.25, 0.3) is 0 Å². The lowest BCUT2D eigenvalue weighted by Gasteiger charge is -2.18. The number of hydrogen-bond donors (Lipinski definition) is 2. The molecule has 7 heteroatoms. The fourth-order valence-electron chi connectivity index (χ4n) is 2.68. The molecular weight excluding hydrogens is 365 g/mol. The van der Waals surface area contributed by atoms with Crippen LogP contribution < -0.4 is 11.1 Å². The number of nitrogens with two attached hydrogens (primary N) is 1. The van der Waals surface area contributed by atoms with Crippen molar-refractivity contribution in [3.63, 3.8) is 0 Å².